The van der Waals surface area contributed by atoms with Gasteiger partial charge in [0, 0.05) is 6.04 Å². The maximum Gasteiger partial charge on any atom is 0.341 e. The van der Waals surface area contributed by atoms with Gasteiger partial charge in [-0.25, -0.2) is 4.79 Å². The van der Waals surface area contributed by atoms with Crippen molar-refractivity contribution in [3.8, 4) is 6.07 Å². The number of rotatable bonds is 6. The molecule has 0 spiro atoms. The van der Waals surface area contributed by atoms with Gasteiger partial charge in [-0.2, -0.15) is 5.26 Å². The van der Waals surface area contributed by atoms with Crippen LogP contribution in [0.1, 0.15) is 35.9 Å². The van der Waals surface area contributed by atoms with Crippen LogP contribution in [0, 0.1) is 11.3 Å². The summed E-state index contributed by atoms with van der Waals surface area (Å²) >= 11 is 0. The van der Waals surface area contributed by atoms with Gasteiger partial charge in [0.25, 0.3) is 0 Å². The number of furan rings is 1. The van der Waals surface area contributed by atoms with E-state index in [1.165, 1.54) is 13.4 Å². The van der Waals surface area contributed by atoms with Crippen LogP contribution in [0.4, 0.5) is 0 Å². The Morgan fingerprint density at radius 3 is 3.06 bits per heavy atom. The molecule has 0 saturated carbocycles. The van der Waals surface area contributed by atoms with Crippen molar-refractivity contribution in [1.82, 2.24) is 5.32 Å². The Balaban J connectivity index is 2.49. The van der Waals surface area contributed by atoms with E-state index in [4.69, 9.17) is 9.68 Å². The molecule has 0 aliphatic heterocycles. The summed E-state index contributed by atoms with van der Waals surface area (Å²) in [5, 5.41) is 11.8. The van der Waals surface area contributed by atoms with E-state index < -0.39 is 5.97 Å². The zero-order valence-corrected chi connectivity index (χ0v) is 10.0. The smallest absolute Gasteiger partial charge is 0.341 e. The Bertz CT molecular complexity index is 406. The molecule has 17 heavy (non-hydrogen) atoms. The average Bonchev–Trinajstić information content (AvgIpc) is 2.82. The molecule has 1 rings (SSSR count). The molecule has 0 bridgehead atoms. The first kappa shape index (κ1) is 13.3. The zero-order chi connectivity index (χ0) is 12.7. The molecular weight excluding hydrogens is 220 g/mol. The zero-order valence-electron chi connectivity index (χ0n) is 10.0. The lowest BCUT2D eigenvalue weighted by molar-refractivity contribution is 0.0600. The molecule has 0 fully saturated rings. The van der Waals surface area contributed by atoms with Crippen molar-refractivity contribution < 1.29 is 13.9 Å². The van der Waals surface area contributed by atoms with E-state index in [2.05, 4.69) is 16.1 Å². The van der Waals surface area contributed by atoms with Crippen LogP contribution >= 0.6 is 0 Å². The summed E-state index contributed by atoms with van der Waals surface area (Å²) in [6.07, 6.45) is 2.70. The maximum atomic E-state index is 11.2. The molecule has 1 aromatic heterocycles. The van der Waals surface area contributed by atoms with Crippen LogP contribution in [-0.2, 0) is 11.3 Å². The summed E-state index contributed by atoms with van der Waals surface area (Å²) in [7, 11) is 1.33. The quantitative estimate of drug-likeness (QED) is 0.763. The second-order valence-corrected chi connectivity index (χ2v) is 3.64. The lowest BCUT2D eigenvalue weighted by Gasteiger charge is -2.11. The van der Waals surface area contributed by atoms with Gasteiger partial charge in [-0.1, -0.05) is 6.92 Å². The number of hydrogen-bond acceptors (Lipinski definition) is 5. The van der Waals surface area contributed by atoms with Crippen LogP contribution in [0.5, 0.6) is 0 Å². The van der Waals surface area contributed by atoms with E-state index in [0.717, 1.165) is 6.42 Å². The van der Waals surface area contributed by atoms with Crippen molar-refractivity contribution >= 4 is 5.97 Å². The van der Waals surface area contributed by atoms with Crippen LogP contribution < -0.4 is 5.32 Å². The highest BCUT2D eigenvalue weighted by atomic mass is 16.5. The first-order valence-electron chi connectivity index (χ1n) is 5.47. The van der Waals surface area contributed by atoms with E-state index in [1.807, 2.05) is 6.92 Å². The third-order valence-corrected chi connectivity index (χ3v) is 2.47. The highest BCUT2D eigenvalue weighted by molar-refractivity contribution is 5.88. The largest absolute Gasteiger partial charge is 0.467 e. The highest BCUT2D eigenvalue weighted by Gasteiger charge is 2.11. The molecule has 0 amide bonds. The molecule has 5 nitrogen and oxygen atoms in total. The Kier molecular flexibility index (Phi) is 5.24. The van der Waals surface area contributed by atoms with Gasteiger partial charge in [0.2, 0.25) is 0 Å². The molecule has 0 aliphatic carbocycles. The van der Waals surface area contributed by atoms with Crippen molar-refractivity contribution in [2.75, 3.05) is 7.11 Å². The van der Waals surface area contributed by atoms with Crippen LogP contribution in [0.15, 0.2) is 16.7 Å². The van der Waals surface area contributed by atoms with E-state index in [9.17, 15) is 4.79 Å². The number of hydrogen-bond donors (Lipinski definition) is 1. The minimum atomic E-state index is -0.413. The van der Waals surface area contributed by atoms with Crippen LogP contribution in [-0.4, -0.2) is 19.1 Å². The average molecular weight is 236 g/mol. The normalized spacial score (nSPS) is 11.8. The molecule has 1 heterocycles. The number of nitrogens with one attached hydrogen (secondary N) is 1. The van der Waals surface area contributed by atoms with Crippen molar-refractivity contribution in [3.05, 3.63) is 23.7 Å². The predicted molar refractivity (Wildman–Crippen MR) is 61.2 cm³/mol. The molecule has 1 N–H and O–H groups in total. The summed E-state index contributed by atoms with van der Waals surface area (Å²) in [6.45, 7) is 2.51. The molecule has 1 unspecified atom stereocenters. The van der Waals surface area contributed by atoms with Crippen LogP contribution in [0.3, 0.4) is 0 Å². The van der Waals surface area contributed by atoms with Crippen molar-refractivity contribution in [2.45, 2.75) is 32.4 Å². The molecule has 0 saturated heterocycles. The second kappa shape index (κ2) is 6.71. The number of carbonyl (C=O) groups excluding carboxylic acids is 1. The topological polar surface area (TPSA) is 75.3 Å². The molecule has 0 radical (unpaired) electrons. The van der Waals surface area contributed by atoms with Gasteiger partial charge in [0.1, 0.15) is 12.0 Å². The monoisotopic (exact) mass is 236 g/mol. The van der Waals surface area contributed by atoms with Gasteiger partial charge < -0.3 is 14.5 Å². The number of carbonyl (C=O) groups is 1. The molecule has 5 heteroatoms. The minimum absolute atomic E-state index is 0.145. The SMILES string of the molecule is CCC(CC#N)NCc1cc(C(=O)OC)co1. The summed E-state index contributed by atoms with van der Waals surface area (Å²) < 4.78 is 9.79. The number of ether oxygens (including phenoxy) is 1. The molecule has 0 aliphatic rings. The van der Waals surface area contributed by atoms with Gasteiger partial charge in [0.15, 0.2) is 0 Å². The van der Waals surface area contributed by atoms with Crippen molar-refractivity contribution in [2.24, 2.45) is 0 Å². The van der Waals surface area contributed by atoms with E-state index in [0.29, 0.717) is 24.3 Å². The molecular formula is C12H16N2O3. The number of nitrogens with zero attached hydrogens (tertiary/aromatic N) is 1. The number of methoxy groups -OCH3 is 1. The van der Waals surface area contributed by atoms with Gasteiger partial charge in [-0.15, -0.1) is 0 Å². The Hall–Kier alpha value is -1.80. The Morgan fingerprint density at radius 1 is 1.71 bits per heavy atom. The standard InChI is InChI=1S/C12H16N2O3/c1-3-10(4-5-13)14-7-11-6-9(8-17-11)12(15)16-2/h6,8,10,14H,3-4,7H2,1-2H3. The Labute approximate surface area is 100 Å². The van der Waals surface area contributed by atoms with Gasteiger partial charge >= 0.3 is 5.97 Å². The third-order valence-electron chi connectivity index (χ3n) is 2.47. The van der Waals surface area contributed by atoms with E-state index in [1.54, 1.807) is 6.07 Å². The first-order valence-corrected chi connectivity index (χ1v) is 5.47. The molecule has 1 aromatic rings. The van der Waals surface area contributed by atoms with Crippen molar-refractivity contribution in [1.29, 1.82) is 5.26 Å². The molecule has 0 aromatic carbocycles. The summed E-state index contributed by atoms with van der Waals surface area (Å²) in [5.41, 5.74) is 0.401. The fourth-order valence-corrected chi connectivity index (χ4v) is 1.41. The number of esters is 1. The lowest BCUT2D eigenvalue weighted by Crippen LogP contribution is -2.27. The summed E-state index contributed by atoms with van der Waals surface area (Å²) in [6, 6.07) is 3.90. The highest BCUT2D eigenvalue weighted by Crippen LogP contribution is 2.09. The second-order valence-electron chi connectivity index (χ2n) is 3.64. The van der Waals surface area contributed by atoms with Gasteiger partial charge in [-0.3, -0.25) is 0 Å². The van der Waals surface area contributed by atoms with Crippen LogP contribution in [0.25, 0.3) is 0 Å². The number of nitriles is 1. The summed E-state index contributed by atoms with van der Waals surface area (Å²) in [5.74, 6) is 0.242. The lowest BCUT2D eigenvalue weighted by atomic mass is 10.1. The van der Waals surface area contributed by atoms with Crippen LogP contribution in [0.2, 0.25) is 0 Å². The Morgan fingerprint density at radius 2 is 2.47 bits per heavy atom. The fraction of sp³-hybridized carbons (Fsp3) is 0.500. The molecule has 92 valence electrons. The van der Waals surface area contributed by atoms with Gasteiger partial charge in [-0.05, 0) is 12.5 Å². The minimum Gasteiger partial charge on any atom is -0.467 e. The van der Waals surface area contributed by atoms with Gasteiger partial charge in [0.05, 0.1) is 31.7 Å². The third kappa shape index (κ3) is 3.93. The maximum absolute atomic E-state index is 11.2. The predicted octanol–water partition coefficient (Wildman–Crippen LogP) is 1.85. The van der Waals surface area contributed by atoms with E-state index in [-0.39, 0.29) is 6.04 Å². The fourth-order valence-electron chi connectivity index (χ4n) is 1.41. The first-order chi connectivity index (χ1) is 8.21. The van der Waals surface area contributed by atoms with Crippen molar-refractivity contribution in [3.63, 3.8) is 0 Å². The van der Waals surface area contributed by atoms with E-state index >= 15 is 0 Å². The summed E-state index contributed by atoms with van der Waals surface area (Å²) in [4.78, 5) is 11.2. The molecule has 1 atom stereocenters.